The third-order valence-corrected chi connectivity index (χ3v) is 4.47. The van der Waals surface area contributed by atoms with Crippen LogP contribution in [0, 0.1) is 0 Å². The fourth-order valence-corrected chi connectivity index (χ4v) is 2.82. The second-order valence-electron chi connectivity index (χ2n) is 5.49. The normalized spacial score (nSPS) is 11.5. The first kappa shape index (κ1) is 16.0. The van der Waals surface area contributed by atoms with Crippen molar-refractivity contribution in [2.45, 2.75) is 32.7 Å². The molecule has 0 aliphatic carbocycles. The third-order valence-electron chi connectivity index (χ3n) is 3.66. The van der Waals surface area contributed by atoms with Crippen LogP contribution in [0.2, 0.25) is 0 Å². The molecule has 0 aliphatic heterocycles. The number of hydrogen-bond acceptors (Lipinski definition) is 6. The van der Waals surface area contributed by atoms with Crippen LogP contribution in [0.4, 0.5) is 11.8 Å². The summed E-state index contributed by atoms with van der Waals surface area (Å²) in [5, 5.41) is 9.63. The van der Waals surface area contributed by atoms with Gasteiger partial charge < -0.3 is 15.5 Å². The second-order valence-corrected chi connectivity index (χ2v) is 6.39. The molecule has 116 valence electrons. The molecule has 0 aliphatic rings. The van der Waals surface area contributed by atoms with Gasteiger partial charge in [0, 0.05) is 19.6 Å². The van der Waals surface area contributed by atoms with Crippen LogP contribution in [-0.2, 0) is 0 Å². The lowest BCUT2D eigenvalue weighted by Gasteiger charge is -2.20. The Balaban J connectivity index is 1.87. The number of anilines is 2. The molecule has 0 atom stereocenters. The first-order valence-electron chi connectivity index (χ1n) is 7.49. The van der Waals surface area contributed by atoms with Gasteiger partial charge in [0.2, 0.25) is 5.95 Å². The zero-order valence-corrected chi connectivity index (χ0v) is 14.1. The van der Waals surface area contributed by atoms with Crippen LogP contribution in [0.15, 0.2) is 11.4 Å². The summed E-state index contributed by atoms with van der Waals surface area (Å²) in [6.07, 6.45) is 2.33. The summed E-state index contributed by atoms with van der Waals surface area (Å²) >= 11 is 1.64. The smallest absolute Gasteiger partial charge is 0.225 e. The van der Waals surface area contributed by atoms with Gasteiger partial charge in [0.25, 0.3) is 0 Å². The van der Waals surface area contributed by atoms with Gasteiger partial charge in [0.05, 0.1) is 5.39 Å². The monoisotopic (exact) mass is 307 g/mol. The van der Waals surface area contributed by atoms with E-state index in [4.69, 9.17) is 0 Å². The van der Waals surface area contributed by atoms with Crippen molar-refractivity contribution in [3.05, 3.63) is 11.4 Å². The van der Waals surface area contributed by atoms with Gasteiger partial charge >= 0.3 is 0 Å². The van der Waals surface area contributed by atoms with Crippen LogP contribution in [0.25, 0.3) is 10.2 Å². The minimum Gasteiger partial charge on any atom is -0.369 e. The van der Waals surface area contributed by atoms with Crippen LogP contribution in [0.1, 0.15) is 26.7 Å². The van der Waals surface area contributed by atoms with E-state index in [2.05, 4.69) is 57.8 Å². The van der Waals surface area contributed by atoms with E-state index in [1.165, 1.54) is 6.42 Å². The fraction of sp³-hybridized carbons (Fsp3) is 0.600. The van der Waals surface area contributed by atoms with Gasteiger partial charge in [-0.3, -0.25) is 0 Å². The SMILES string of the molecule is CNc1nc(NCCCCN(C)C(C)C)c2ccsc2n1. The van der Waals surface area contributed by atoms with E-state index in [0.717, 1.165) is 35.5 Å². The average molecular weight is 307 g/mol. The molecular formula is C15H25N5S. The van der Waals surface area contributed by atoms with Crippen molar-refractivity contribution >= 4 is 33.3 Å². The average Bonchev–Trinajstić information content (AvgIpc) is 2.94. The zero-order chi connectivity index (χ0) is 15.2. The summed E-state index contributed by atoms with van der Waals surface area (Å²) in [6.45, 7) is 6.53. The van der Waals surface area contributed by atoms with Gasteiger partial charge in [-0.25, -0.2) is 4.98 Å². The Morgan fingerprint density at radius 3 is 2.81 bits per heavy atom. The van der Waals surface area contributed by atoms with Gasteiger partial charge in [-0.2, -0.15) is 4.98 Å². The Hall–Kier alpha value is -1.40. The molecule has 0 amide bonds. The highest BCUT2D eigenvalue weighted by atomic mass is 32.1. The quantitative estimate of drug-likeness (QED) is 0.733. The van der Waals surface area contributed by atoms with Gasteiger partial charge in [-0.15, -0.1) is 11.3 Å². The van der Waals surface area contributed by atoms with E-state index >= 15 is 0 Å². The lowest BCUT2D eigenvalue weighted by molar-refractivity contribution is 0.269. The Labute approximate surface area is 130 Å². The molecule has 0 aromatic carbocycles. The molecular weight excluding hydrogens is 282 g/mol. The van der Waals surface area contributed by atoms with E-state index in [0.29, 0.717) is 12.0 Å². The Bertz CT molecular complexity index is 566. The highest BCUT2D eigenvalue weighted by Crippen LogP contribution is 2.26. The number of hydrogen-bond donors (Lipinski definition) is 2. The lowest BCUT2D eigenvalue weighted by Crippen LogP contribution is -2.27. The molecule has 0 spiro atoms. The van der Waals surface area contributed by atoms with Crippen LogP contribution >= 0.6 is 11.3 Å². The van der Waals surface area contributed by atoms with E-state index in [1.807, 2.05) is 7.05 Å². The minimum absolute atomic E-state index is 0.614. The predicted molar refractivity (Wildman–Crippen MR) is 92.5 cm³/mol. The number of unbranched alkanes of at least 4 members (excludes halogenated alkanes) is 1. The molecule has 2 aromatic rings. The number of thiophene rings is 1. The summed E-state index contributed by atoms with van der Waals surface area (Å²) in [5.74, 6) is 1.61. The molecule has 6 heteroatoms. The standard InChI is InChI=1S/C15H25N5S/c1-11(2)20(4)9-6-5-8-17-13-12-7-10-21-14(12)19-15(16-3)18-13/h7,10-11H,5-6,8-9H2,1-4H3,(H2,16,17,18,19). The number of nitrogens with zero attached hydrogens (tertiary/aromatic N) is 3. The molecule has 0 unspecified atom stereocenters. The molecule has 21 heavy (non-hydrogen) atoms. The van der Waals surface area contributed by atoms with Crippen molar-refractivity contribution in [3.63, 3.8) is 0 Å². The van der Waals surface area contributed by atoms with E-state index in [1.54, 1.807) is 11.3 Å². The second kappa shape index (κ2) is 7.56. The maximum atomic E-state index is 4.52. The molecule has 2 rings (SSSR count). The van der Waals surface area contributed by atoms with Gasteiger partial charge in [-0.1, -0.05) is 0 Å². The Morgan fingerprint density at radius 2 is 2.10 bits per heavy atom. The van der Waals surface area contributed by atoms with Gasteiger partial charge in [0.1, 0.15) is 10.6 Å². The number of fused-ring (bicyclic) bond motifs is 1. The molecule has 2 N–H and O–H groups in total. The summed E-state index contributed by atoms with van der Waals surface area (Å²) in [7, 11) is 4.02. The van der Waals surface area contributed by atoms with Crippen LogP contribution in [0.5, 0.6) is 0 Å². The first-order valence-corrected chi connectivity index (χ1v) is 8.37. The fourth-order valence-electron chi connectivity index (χ4n) is 2.05. The summed E-state index contributed by atoms with van der Waals surface area (Å²) in [4.78, 5) is 12.4. The summed E-state index contributed by atoms with van der Waals surface area (Å²) < 4.78 is 0. The van der Waals surface area contributed by atoms with Crippen molar-refractivity contribution in [2.24, 2.45) is 0 Å². The van der Waals surface area contributed by atoms with Crippen LogP contribution in [-0.4, -0.2) is 48.1 Å². The Morgan fingerprint density at radius 1 is 1.29 bits per heavy atom. The number of rotatable bonds is 8. The molecule has 5 nitrogen and oxygen atoms in total. The molecule has 0 saturated heterocycles. The summed E-state index contributed by atoms with van der Waals surface area (Å²) in [5.41, 5.74) is 0. The lowest BCUT2D eigenvalue weighted by atomic mass is 10.2. The number of nitrogens with one attached hydrogen (secondary N) is 2. The summed E-state index contributed by atoms with van der Waals surface area (Å²) in [6, 6.07) is 2.69. The molecule has 0 radical (unpaired) electrons. The van der Waals surface area contributed by atoms with E-state index < -0.39 is 0 Å². The van der Waals surface area contributed by atoms with Crippen molar-refractivity contribution in [2.75, 3.05) is 37.8 Å². The largest absolute Gasteiger partial charge is 0.369 e. The van der Waals surface area contributed by atoms with Gasteiger partial charge in [0.15, 0.2) is 0 Å². The van der Waals surface area contributed by atoms with Crippen molar-refractivity contribution in [1.82, 2.24) is 14.9 Å². The molecule has 0 saturated carbocycles. The van der Waals surface area contributed by atoms with Crippen molar-refractivity contribution < 1.29 is 0 Å². The minimum atomic E-state index is 0.614. The maximum absolute atomic E-state index is 4.52. The molecule has 0 bridgehead atoms. The Kier molecular flexibility index (Phi) is 5.76. The van der Waals surface area contributed by atoms with Crippen LogP contribution < -0.4 is 10.6 Å². The molecule has 0 fully saturated rings. The first-order chi connectivity index (χ1) is 10.1. The highest BCUT2D eigenvalue weighted by Gasteiger charge is 2.08. The predicted octanol–water partition coefficient (Wildman–Crippen LogP) is 3.27. The topological polar surface area (TPSA) is 53.1 Å². The molecule has 2 aromatic heterocycles. The van der Waals surface area contributed by atoms with E-state index in [-0.39, 0.29) is 0 Å². The van der Waals surface area contributed by atoms with E-state index in [9.17, 15) is 0 Å². The van der Waals surface area contributed by atoms with Crippen molar-refractivity contribution in [1.29, 1.82) is 0 Å². The van der Waals surface area contributed by atoms with Gasteiger partial charge in [-0.05, 0) is 51.7 Å². The van der Waals surface area contributed by atoms with Crippen LogP contribution in [0.3, 0.4) is 0 Å². The molecule has 2 heterocycles. The maximum Gasteiger partial charge on any atom is 0.225 e. The zero-order valence-electron chi connectivity index (χ0n) is 13.3. The highest BCUT2D eigenvalue weighted by molar-refractivity contribution is 7.16. The van der Waals surface area contributed by atoms with Crippen molar-refractivity contribution in [3.8, 4) is 0 Å². The third kappa shape index (κ3) is 4.28. The number of aromatic nitrogens is 2.